The van der Waals surface area contributed by atoms with E-state index >= 15 is 0 Å². The molecule has 0 aliphatic heterocycles. The van der Waals surface area contributed by atoms with Gasteiger partial charge in [-0.3, -0.25) is 14.9 Å². The molecule has 8 nitrogen and oxygen atoms in total. The molecule has 21 heavy (non-hydrogen) atoms. The minimum atomic E-state index is -2.19. The third-order valence-electron chi connectivity index (χ3n) is 2.52. The topological polar surface area (TPSA) is 130 Å². The summed E-state index contributed by atoms with van der Waals surface area (Å²) in [5.74, 6) is -2.43. The summed E-state index contributed by atoms with van der Waals surface area (Å²) in [5.41, 5.74) is -2.93. The van der Waals surface area contributed by atoms with Crippen LogP contribution in [0.4, 0.5) is 5.69 Å². The molecule has 0 aliphatic rings. The van der Waals surface area contributed by atoms with Crippen LogP contribution in [0.1, 0.15) is 17.3 Å². The lowest BCUT2D eigenvalue weighted by Crippen LogP contribution is -2.46. The molecule has 0 aliphatic carbocycles. The zero-order valence-corrected chi connectivity index (χ0v) is 12.1. The molecule has 1 atom stereocenters. The van der Waals surface area contributed by atoms with Gasteiger partial charge in [0.1, 0.15) is 0 Å². The quantitative estimate of drug-likeness (QED) is 0.551. The van der Waals surface area contributed by atoms with Crippen LogP contribution < -0.4 is 5.32 Å². The van der Waals surface area contributed by atoms with Gasteiger partial charge in [0, 0.05) is 12.1 Å². The molecule has 114 valence electrons. The van der Waals surface area contributed by atoms with Gasteiger partial charge in [-0.15, -0.1) is 0 Å². The summed E-state index contributed by atoms with van der Waals surface area (Å²) in [7, 11) is 0. The summed E-state index contributed by atoms with van der Waals surface area (Å²) in [6, 6.07) is 1.88. The van der Waals surface area contributed by atoms with E-state index in [-0.39, 0.29) is 15.6 Å². The molecule has 0 fully saturated rings. The zero-order valence-electron chi connectivity index (χ0n) is 10.6. The second kappa shape index (κ2) is 6.25. The highest BCUT2D eigenvalue weighted by Crippen LogP contribution is 2.30. The average molecular weight is 337 g/mol. The fourth-order valence-corrected chi connectivity index (χ4v) is 1.68. The van der Waals surface area contributed by atoms with Crippen molar-refractivity contribution in [2.45, 2.75) is 12.5 Å². The number of nitrogens with one attached hydrogen (secondary N) is 1. The number of carboxylic acid groups (broad SMARTS) is 1. The second-order valence-corrected chi connectivity index (χ2v) is 5.09. The van der Waals surface area contributed by atoms with Crippen molar-refractivity contribution in [2.24, 2.45) is 0 Å². The van der Waals surface area contributed by atoms with Crippen molar-refractivity contribution < 1.29 is 24.7 Å². The highest BCUT2D eigenvalue weighted by atomic mass is 35.5. The van der Waals surface area contributed by atoms with E-state index in [9.17, 15) is 24.8 Å². The number of nitrogens with zero attached hydrogens (tertiary/aromatic N) is 1. The molecule has 3 N–H and O–H groups in total. The van der Waals surface area contributed by atoms with E-state index in [1.807, 2.05) is 0 Å². The monoisotopic (exact) mass is 336 g/mol. The lowest BCUT2D eigenvalue weighted by Gasteiger charge is -2.18. The number of nitro groups is 1. The molecule has 1 rings (SSSR count). The molecule has 10 heteroatoms. The fourth-order valence-electron chi connectivity index (χ4n) is 1.27. The number of non-ortho nitro benzene ring substituents is 1. The molecule has 0 saturated carbocycles. The highest BCUT2D eigenvalue weighted by Gasteiger charge is 2.31. The van der Waals surface area contributed by atoms with Crippen molar-refractivity contribution in [3.8, 4) is 0 Å². The van der Waals surface area contributed by atoms with Crippen LogP contribution in [-0.4, -0.2) is 39.2 Å². The molecule has 0 radical (unpaired) electrons. The number of aliphatic hydroxyl groups is 1. The average Bonchev–Trinajstić information content (AvgIpc) is 2.38. The van der Waals surface area contributed by atoms with Gasteiger partial charge in [0.15, 0.2) is 5.60 Å². The number of halogens is 2. The maximum Gasteiger partial charge on any atom is 0.337 e. The van der Waals surface area contributed by atoms with Crippen molar-refractivity contribution >= 4 is 40.8 Å². The van der Waals surface area contributed by atoms with E-state index in [4.69, 9.17) is 28.3 Å². The van der Waals surface area contributed by atoms with Crippen molar-refractivity contribution in [1.29, 1.82) is 0 Å². The lowest BCUT2D eigenvalue weighted by molar-refractivity contribution is -0.384. The Hall–Kier alpha value is -1.90. The molecule has 1 aromatic rings. The maximum absolute atomic E-state index is 11.9. The number of rotatable bonds is 5. The number of hydrogen-bond donors (Lipinski definition) is 3. The maximum atomic E-state index is 11.9. The van der Waals surface area contributed by atoms with Gasteiger partial charge in [0.05, 0.1) is 27.1 Å². The number of amides is 1. The van der Waals surface area contributed by atoms with Gasteiger partial charge in [0.25, 0.3) is 11.6 Å². The van der Waals surface area contributed by atoms with E-state index < -0.39 is 34.6 Å². The third-order valence-corrected chi connectivity index (χ3v) is 3.32. The molecule has 0 heterocycles. The first kappa shape index (κ1) is 17.2. The van der Waals surface area contributed by atoms with Crippen molar-refractivity contribution in [3.63, 3.8) is 0 Å². The van der Waals surface area contributed by atoms with Crippen LogP contribution in [0.5, 0.6) is 0 Å². The molecule has 0 spiro atoms. The van der Waals surface area contributed by atoms with E-state index in [1.54, 1.807) is 0 Å². The van der Waals surface area contributed by atoms with Crippen LogP contribution in [0.25, 0.3) is 0 Å². The zero-order chi connectivity index (χ0) is 16.4. The molecule has 0 bridgehead atoms. The molecule has 1 unspecified atom stereocenters. The van der Waals surface area contributed by atoms with Crippen LogP contribution in [0.3, 0.4) is 0 Å². The molecule has 1 aromatic carbocycles. The van der Waals surface area contributed by atoms with Crippen LogP contribution in [0.2, 0.25) is 10.0 Å². The van der Waals surface area contributed by atoms with E-state index in [0.717, 1.165) is 19.1 Å². The SMILES string of the molecule is CC(O)(CNC(=O)c1cc([N+](=O)[O-])cc(Cl)c1Cl)C(=O)O. The Kier molecular flexibility index (Phi) is 5.10. The van der Waals surface area contributed by atoms with Gasteiger partial charge in [-0.2, -0.15) is 0 Å². The van der Waals surface area contributed by atoms with Crippen molar-refractivity contribution in [2.75, 3.05) is 6.54 Å². The first-order chi connectivity index (χ1) is 9.56. The number of carbonyl (C=O) groups excluding carboxylic acids is 1. The van der Waals surface area contributed by atoms with Gasteiger partial charge >= 0.3 is 5.97 Å². The van der Waals surface area contributed by atoms with Gasteiger partial charge in [-0.25, -0.2) is 4.79 Å². The normalized spacial score (nSPS) is 13.3. The van der Waals surface area contributed by atoms with Crippen molar-refractivity contribution in [1.82, 2.24) is 5.32 Å². The number of hydrogen-bond acceptors (Lipinski definition) is 5. The van der Waals surface area contributed by atoms with Crippen LogP contribution >= 0.6 is 23.2 Å². The summed E-state index contributed by atoms with van der Waals surface area (Å²) in [5, 5.41) is 30.6. The molecule has 1 amide bonds. The fraction of sp³-hybridized carbons (Fsp3) is 0.273. The Bertz CT molecular complexity index is 617. The number of carbonyl (C=O) groups is 2. The van der Waals surface area contributed by atoms with Gasteiger partial charge in [-0.05, 0) is 6.92 Å². The smallest absolute Gasteiger partial charge is 0.337 e. The summed E-state index contributed by atoms with van der Waals surface area (Å²) < 4.78 is 0. The first-order valence-electron chi connectivity index (χ1n) is 5.43. The third kappa shape index (κ3) is 4.03. The Morgan fingerprint density at radius 1 is 1.43 bits per heavy atom. The minimum absolute atomic E-state index is 0.194. The summed E-state index contributed by atoms with van der Waals surface area (Å²) >= 11 is 11.5. The Morgan fingerprint density at radius 3 is 2.48 bits per heavy atom. The first-order valence-corrected chi connectivity index (χ1v) is 6.19. The standard InChI is InChI=1S/C11H10Cl2N2O6/c1-11(19,10(17)18)4-14-9(16)6-2-5(15(20)21)3-7(12)8(6)13/h2-3,19H,4H2,1H3,(H,14,16)(H,17,18). The molecular weight excluding hydrogens is 327 g/mol. The van der Waals surface area contributed by atoms with Crippen LogP contribution in [-0.2, 0) is 4.79 Å². The van der Waals surface area contributed by atoms with E-state index in [1.165, 1.54) is 0 Å². The number of benzene rings is 1. The largest absolute Gasteiger partial charge is 0.479 e. The van der Waals surface area contributed by atoms with E-state index in [0.29, 0.717) is 0 Å². The predicted octanol–water partition coefficient (Wildman–Crippen LogP) is 1.47. The van der Waals surface area contributed by atoms with Crippen molar-refractivity contribution in [3.05, 3.63) is 37.9 Å². The van der Waals surface area contributed by atoms with Gasteiger partial charge < -0.3 is 15.5 Å². The summed E-state index contributed by atoms with van der Waals surface area (Å²) in [4.78, 5) is 32.5. The predicted molar refractivity (Wildman–Crippen MR) is 73.7 cm³/mol. The highest BCUT2D eigenvalue weighted by molar-refractivity contribution is 6.44. The molecule has 0 aromatic heterocycles. The number of carboxylic acids is 1. The van der Waals surface area contributed by atoms with Gasteiger partial charge in [0.2, 0.25) is 0 Å². The Balaban J connectivity index is 3.03. The van der Waals surface area contributed by atoms with Crippen LogP contribution in [0.15, 0.2) is 12.1 Å². The number of aliphatic carboxylic acids is 1. The van der Waals surface area contributed by atoms with E-state index in [2.05, 4.69) is 5.32 Å². The Labute approximate surface area is 128 Å². The second-order valence-electron chi connectivity index (χ2n) is 4.31. The number of nitro benzene ring substituents is 1. The minimum Gasteiger partial charge on any atom is -0.479 e. The van der Waals surface area contributed by atoms with Gasteiger partial charge in [-0.1, -0.05) is 23.2 Å². The molecule has 0 saturated heterocycles. The van der Waals surface area contributed by atoms with Crippen LogP contribution in [0, 0.1) is 10.1 Å². The lowest BCUT2D eigenvalue weighted by atomic mass is 10.1. The Morgan fingerprint density at radius 2 is 2.00 bits per heavy atom. The molecular formula is C11H10Cl2N2O6. The summed E-state index contributed by atoms with van der Waals surface area (Å²) in [6.45, 7) is 0.370. The summed E-state index contributed by atoms with van der Waals surface area (Å²) in [6.07, 6.45) is 0.